The first-order valence-corrected chi connectivity index (χ1v) is 10.2. The molecule has 2 amide bonds. The number of non-ortho nitro benzene ring substituents is 1. The largest absolute Gasteiger partial charge is 0.420 e. The fourth-order valence-electron chi connectivity index (χ4n) is 3.08. The number of nitro benzene ring substituents is 1. The Hall–Kier alpha value is -4.39. The van der Waals surface area contributed by atoms with E-state index >= 15 is 0 Å². The van der Waals surface area contributed by atoms with Crippen LogP contribution >= 0.6 is 11.3 Å². The lowest BCUT2D eigenvalue weighted by Gasteiger charge is -2.05. The highest BCUT2D eigenvalue weighted by molar-refractivity contribution is 7.14. The molecule has 0 aliphatic heterocycles. The highest BCUT2D eigenvalue weighted by Gasteiger charge is 2.17. The van der Waals surface area contributed by atoms with Crippen LogP contribution in [0.25, 0.3) is 22.4 Å². The van der Waals surface area contributed by atoms with Crippen molar-refractivity contribution in [2.45, 2.75) is 13.5 Å². The zero-order valence-corrected chi connectivity index (χ0v) is 17.6. The number of hydrogen-bond acceptors (Lipinski definition) is 8. The maximum atomic E-state index is 14.4. The fraction of sp³-hybridized carbons (Fsp3) is 0.100. The number of fused-ring (bicyclic) bond motifs is 1. The van der Waals surface area contributed by atoms with E-state index in [1.54, 1.807) is 5.38 Å². The van der Waals surface area contributed by atoms with Gasteiger partial charge in [0.1, 0.15) is 12.4 Å². The van der Waals surface area contributed by atoms with Crippen LogP contribution in [-0.4, -0.2) is 26.3 Å². The van der Waals surface area contributed by atoms with Gasteiger partial charge < -0.3 is 15.1 Å². The Morgan fingerprint density at radius 2 is 2.03 bits per heavy atom. The first kappa shape index (κ1) is 21.8. The van der Waals surface area contributed by atoms with Crippen LogP contribution in [0.5, 0.6) is 0 Å². The zero-order chi connectivity index (χ0) is 23.7. The van der Waals surface area contributed by atoms with Gasteiger partial charge in [0.25, 0.3) is 5.69 Å². The number of thiazole rings is 1. The average Bonchev–Trinajstić information content (AvgIpc) is 3.31. The number of benzene rings is 2. The number of nitro groups is 1. The minimum atomic E-state index is -0.846. The minimum absolute atomic E-state index is 0.0169. The molecule has 0 saturated carbocycles. The predicted molar refractivity (Wildman–Crippen MR) is 118 cm³/mol. The van der Waals surface area contributed by atoms with Crippen LogP contribution in [0.3, 0.4) is 0 Å². The van der Waals surface area contributed by atoms with Gasteiger partial charge in [-0.05, 0) is 24.3 Å². The molecule has 0 spiro atoms. The van der Waals surface area contributed by atoms with Gasteiger partial charge in [0.05, 0.1) is 22.2 Å². The van der Waals surface area contributed by atoms with Crippen molar-refractivity contribution in [3.05, 3.63) is 68.3 Å². The van der Waals surface area contributed by atoms with Crippen LogP contribution in [-0.2, 0) is 16.1 Å². The van der Waals surface area contributed by atoms with E-state index in [9.17, 15) is 28.9 Å². The smallest absolute Gasteiger partial charge is 0.407 e. The molecule has 4 rings (SSSR count). The maximum absolute atomic E-state index is 14.4. The zero-order valence-electron chi connectivity index (χ0n) is 16.8. The van der Waals surface area contributed by atoms with Crippen molar-refractivity contribution >= 4 is 50.8 Å². The highest BCUT2D eigenvalue weighted by atomic mass is 32.1. The van der Waals surface area contributed by atoms with E-state index in [4.69, 9.17) is 4.42 Å². The van der Waals surface area contributed by atoms with Gasteiger partial charge in [0, 0.05) is 29.6 Å². The Morgan fingerprint density at radius 3 is 2.73 bits per heavy atom. The van der Waals surface area contributed by atoms with Crippen LogP contribution in [0.15, 0.2) is 51.0 Å². The third-order valence-corrected chi connectivity index (χ3v) is 5.24. The molecule has 33 heavy (non-hydrogen) atoms. The molecule has 0 atom stereocenters. The quantitative estimate of drug-likeness (QED) is 0.323. The summed E-state index contributed by atoms with van der Waals surface area (Å²) in [4.78, 5) is 50.1. The van der Waals surface area contributed by atoms with Crippen LogP contribution in [0.1, 0.15) is 6.92 Å². The molecule has 0 radical (unpaired) electrons. The lowest BCUT2D eigenvalue weighted by atomic mass is 10.1. The van der Waals surface area contributed by atoms with E-state index in [2.05, 4.69) is 15.6 Å². The molecular weight excluding hydrogens is 457 g/mol. The van der Waals surface area contributed by atoms with Gasteiger partial charge in [0.2, 0.25) is 11.8 Å². The van der Waals surface area contributed by atoms with Crippen molar-refractivity contribution in [3.63, 3.8) is 0 Å². The van der Waals surface area contributed by atoms with Crippen LogP contribution in [0.4, 0.5) is 20.9 Å². The third kappa shape index (κ3) is 4.62. The second-order valence-corrected chi connectivity index (χ2v) is 7.68. The van der Waals surface area contributed by atoms with Gasteiger partial charge in [0.15, 0.2) is 10.7 Å². The molecule has 2 aromatic carbocycles. The first-order chi connectivity index (χ1) is 15.7. The van der Waals surface area contributed by atoms with E-state index < -0.39 is 28.9 Å². The van der Waals surface area contributed by atoms with Crippen molar-refractivity contribution in [1.82, 2.24) is 9.55 Å². The minimum Gasteiger partial charge on any atom is -0.407 e. The third-order valence-electron chi connectivity index (χ3n) is 4.48. The molecule has 4 aromatic rings. The molecule has 0 saturated heterocycles. The first-order valence-electron chi connectivity index (χ1n) is 9.32. The van der Waals surface area contributed by atoms with E-state index in [0.29, 0.717) is 5.69 Å². The number of nitrogens with zero attached hydrogens (tertiary/aromatic N) is 3. The van der Waals surface area contributed by atoms with Crippen molar-refractivity contribution in [1.29, 1.82) is 0 Å². The Kier molecular flexibility index (Phi) is 5.70. The summed E-state index contributed by atoms with van der Waals surface area (Å²) in [5.41, 5.74) is 0.717. The summed E-state index contributed by atoms with van der Waals surface area (Å²) in [5, 5.41) is 17.6. The van der Waals surface area contributed by atoms with Gasteiger partial charge in [-0.3, -0.25) is 24.3 Å². The Balaban J connectivity index is 1.50. The number of halogens is 1. The molecule has 0 aliphatic carbocycles. The average molecular weight is 471 g/mol. The van der Waals surface area contributed by atoms with Gasteiger partial charge in [-0.25, -0.2) is 14.2 Å². The topological polar surface area (TPSA) is 149 Å². The molecule has 2 N–H and O–H groups in total. The number of amides is 2. The van der Waals surface area contributed by atoms with Gasteiger partial charge in [-0.15, -0.1) is 11.3 Å². The number of hydrogen-bond donors (Lipinski definition) is 2. The molecule has 0 bridgehead atoms. The van der Waals surface area contributed by atoms with Crippen LogP contribution < -0.4 is 16.4 Å². The van der Waals surface area contributed by atoms with E-state index in [1.165, 1.54) is 31.2 Å². The van der Waals surface area contributed by atoms with Gasteiger partial charge in [-0.2, -0.15) is 0 Å². The summed E-state index contributed by atoms with van der Waals surface area (Å²) in [6, 6.07) is 7.76. The maximum Gasteiger partial charge on any atom is 0.420 e. The molecule has 0 fully saturated rings. The molecule has 13 heteroatoms. The van der Waals surface area contributed by atoms with Crippen molar-refractivity contribution in [2.75, 3.05) is 10.6 Å². The molecule has 2 heterocycles. The van der Waals surface area contributed by atoms with Crippen molar-refractivity contribution in [3.8, 4) is 11.3 Å². The van der Waals surface area contributed by atoms with E-state index in [1.807, 2.05) is 0 Å². The fourth-order valence-corrected chi connectivity index (χ4v) is 3.81. The Bertz CT molecular complexity index is 1470. The molecule has 168 valence electrons. The summed E-state index contributed by atoms with van der Waals surface area (Å²) in [5.74, 6) is -2.37. The Morgan fingerprint density at radius 1 is 1.24 bits per heavy atom. The summed E-state index contributed by atoms with van der Waals surface area (Å²) in [6.45, 7) is 0.893. The monoisotopic (exact) mass is 471 g/mol. The number of rotatable bonds is 6. The number of carbonyl (C=O) groups is 2. The number of oxazole rings is 1. The van der Waals surface area contributed by atoms with Crippen LogP contribution in [0, 0.1) is 15.9 Å². The van der Waals surface area contributed by atoms with Gasteiger partial charge in [-0.1, -0.05) is 0 Å². The number of nitrogens with one attached hydrogen (secondary N) is 2. The summed E-state index contributed by atoms with van der Waals surface area (Å²) >= 11 is 1.06. The Labute approximate surface area is 187 Å². The molecule has 0 unspecified atom stereocenters. The second kappa shape index (κ2) is 8.63. The number of carbonyl (C=O) groups excluding carboxylic acids is 2. The van der Waals surface area contributed by atoms with Crippen molar-refractivity contribution < 1.29 is 23.3 Å². The standard InChI is InChI=1S/C20H14FN5O6S/c1-10(27)22-11-2-4-13(14(21)6-11)15-9-33-19(23-15)24-18(28)8-25-16-5-3-12(26(30)31)7-17(16)32-20(25)29/h2-7,9H,8H2,1H3,(H,22,27)(H,23,24,28). The normalized spacial score (nSPS) is 10.8. The lowest BCUT2D eigenvalue weighted by molar-refractivity contribution is -0.384. The summed E-state index contributed by atoms with van der Waals surface area (Å²) < 4.78 is 20.4. The van der Waals surface area contributed by atoms with E-state index in [0.717, 1.165) is 28.0 Å². The molecular formula is C20H14FN5O6S. The number of anilines is 2. The van der Waals surface area contributed by atoms with E-state index in [-0.39, 0.29) is 39.1 Å². The predicted octanol–water partition coefficient (Wildman–Crippen LogP) is 3.36. The molecule has 2 aromatic heterocycles. The molecule has 0 aliphatic rings. The highest BCUT2D eigenvalue weighted by Crippen LogP contribution is 2.29. The second-order valence-electron chi connectivity index (χ2n) is 6.83. The SMILES string of the molecule is CC(=O)Nc1ccc(-c2csc(NC(=O)Cn3c(=O)oc4cc([N+](=O)[O-])ccc43)n2)c(F)c1. The summed E-state index contributed by atoms with van der Waals surface area (Å²) in [7, 11) is 0. The molecule has 11 nitrogen and oxygen atoms in total. The number of aromatic nitrogens is 2. The van der Waals surface area contributed by atoms with Crippen molar-refractivity contribution in [2.24, 2.45) is 0 Å². The van der Waals surface area contributed by atoms with Gasteiger partial charge >= 0.3 is 5.76 Å². The lowest BCUT2D eigenvalue weighted by Crippen LogP contribution is -2.24. The van der Waals surface area contributed by atoms with Crippen LogP contribution in [0.2, 0.25) is 0 Å². The summed E-state index contributed by atoms with van der Waals surface area (Å²) in [6.07, 6.45) is 0.